The maximum Gasteiger partial charge on any atom is 0.421 e. The quantitative estimate of drug-likeness (QED) is 0.775. The fraction of sp³-hybridized carbons (Fsp3) is 0.188. The first-order chi connectivity index (χ1) is 10.6. The Kier molecular flexibility index (Phi) is 5.04. The van der Waals surface area contributed by atoms with Crippen molar-refractivity contribution in [2.75, 3.05) is 0 Å². The third-order valence-electron chi connectivity index (χ3n) is 3.32. The number of Topliss-reactive ketones (excluding diaryl/α,β-unsaturated/α-hetero) is 1. The van der Waals surface area contributed by atoms with Crippen molar-refractivity contribution in [2.24, 2.45) is 0 Å². The van der Waals surface area contributed by atoms with E-state index in [0.29, 0.717) is 0 Å². The molecule has 0 saturated carbocycles. The van der Waals surface area contributed by atoms with E-state index in [4.69, 9.17) is 23.2 Å². The van der Waals surface area contributed by atoms with Crippen molar-refractivity contribution in [3.63, 3.8) is 0 Å². The Morgan fingerprint density at radius 3 is 2.00 bits per heavy atom. The van der Waals surface area contributed by atoms with E-state index in [-0.39, 0.29) is 15.6 Å². The lowest BCUT2D eigenvalue weighted by Gasteiger charge is -2.30. The van der Waals surface area contributed by atoms with E-state index >= 15 is 0 Å². The van der Waals surface area contributed by atoms with Gasteiger partial charge in [-0.25, -0.2) is 0 Å². The zero-order valence-electron chi connectivity index (χ0n) is 11.6. The molecular formula is C16H11Cl2F3O2. The van der Waals surface area contributed by atoms with Crippen LogP contribution >= 0.6 is 23.2 Å². The van der Waals surface area contributed by atoms with Crippen molar-refractivity contribution in [1.82, 2.24) is 0 Å². The van der Waals surface area contributed by atoms with Crippen LogP contribution in [-0.4, -0.2) is 17.1 Å². The van der Waals surface area contributed by atoms with Gasteiger partial charge in [0.05, 0.1) is 6.42 Å². The van der Waals surface area contributed by atoms with Gasteiger partial charge in [0.1, 0.15) is 0 Å². The predicted octanol–water partition coefficient (Wildman–Crippen LogP) is 5.02. The molecule has 2 nitrogen and oxygen atoms in total. The Morgan fingerprint density at radius 1 is 1.00 bits per heavy atom. The van der Waals surface area contributed by atoms with Crippen LogP contribution in [-0.2, 0) is 5.60 Å². The van der Waals surface area contributed by atoms with E-state index in [1.54, 1.807) is 6.07 Å². The number of ketones is 1. The van der Waals surface area contributed by atoms with Gasteiger partial charge in [0.2, 0.25) is 0 Å². The molecule has 1 atom stereocenters. The minimum Gasteiger partial charge on any atom is -0.376 e. The van der Waals surface area contributed by atoms with Crippen molar-refractivity contribution in [3.05, 3.63) is 69.7 Å². The molecule has 1 N–H and O–H groups in total. The average molecular weight is 363 g/mol. The highest BCUT2D eigenvalue weighted by Crippen LogP contribution is 2.43. The second kappa shape index (κ2) is 6.51. The molecular weight excluding hydrogens is 352 g/mol. The largest absolute Gasteiger partial charge is 0.421 e. The second-order valence-corrected chi connectivity index (χ2v) is 5.86. The Bertz CT molecular complexity index is 697. The molecule has 0 fully saturated rings. The number of aliphatic hydroxyl groups is 1. The van der Waals surface area contributed by atoms with Crippen molar-refractivity contribution in [2.45, 2.75) is 18.2 Å². The second-order valence-electron chi connectivity index (χ2n) is 4.98. The van der Waals surface area contributed by atoms with Crippen LogP contribution in [0.3, 0.4) is 0 Å². The molecule has 2 rings (SSSR count). The zero-order valence-corrected chi connectivity index (χ0v) is 13.1. The molecule has 23 heavy (non-hydrogen) atoms. The third kappa shape index (κ3) is 3.86. The molecule has 0 saturated heterocycles. The molecule has 2 aromatic rings. The Balaban J connectivity index is 2.46. The maximum atomic E-state index is 13.4. The van der Waals surface area contributed by atoms with Gasteiger partial charge in [-0.05, 0) is 23.8 Å². The summed E-state index contributed by atoms with van der Waals surface area (Å²) < 4.78 is 40.3. The zero-order chi connectivity index (χ0) is 17.3. The van der Waals surface area contributed by atoms with Gasteiger partial charge < -0.3 is 5.11 Å². The molecule has 122 valence electrons. The number of rotatable bonds is 4. The lowest BCUT2D eigenvalue weighted by Crippen LogP contribution is -2.44. The van der Waals surface area contributed by atoms with Gasteiger partial charge in [-0.2, -0.15) is 13.2 Å². The molecule has 0 aromatic heterocycles. The Morgan fingerprint density at radius 2 is 1.52 bits per heavy atom. The number of alkyl halides is 3. The van der Waals surface area contributed by atoms with Crippen molar-refractivity contribution in [3.8, 4) is 0 Å². The molecule has 0 heterocycles. The lowest BCUT2D eigenvalue weighted by molar-refractivity contribution is -0.264. The SMILES string of the molecule is O=C(C[C@](O)(c1cc(Cl)cc(Cl)c1)C(F)(F)F)c1ccccc1. The maximum absolute atomic E-state index is 13.4. The van der Waals surface area contributed by atoms with Gasteiger partial charge >= 0.3 is 6.18 Å². The number of hydrogen-bond donors (Lipinski definition) is 1. The van der Waals surface area contributed by atoms with E-state index < -0.39 is 29.5 Å². The van der Waals surface area contributed by atoms with E-state index in [2.05, 4.69) is 0 Å². The molecule has 0 spiro atoms. The number of carbonyl (C=O) groups excluding carboxylic acids is 1. The summed E-state index contributed by atoms with van der Waals surface area (Å²) in [4.78, 5) is 12.1. The van der Waals surface area contributed by atoms with Crippen LogP contribution in [0.15, 0.2) is 48.5 Å². The minimum atomic E-state index is -5.08. The molecule has 0 aliphatic carbocycles. The monoisotopic (exact) mass is 362 g/mol. The van der Waals surface area contributed by atoms with Crippen LogP contribution in [0.2, 0.25) is 10.0 Å². The van der Waals surface area contributed by atoms with Crippen LogP contribution in [0.4, 0.5) is 13.2 Å². The van der Waals surface area contributed by atoms with Crippen LogP contribution in [0, 0.1) is 0 Å². The predicted molar refractivity (Wildman–Crippen MR) is 81.8 cm³/mol. The van der Waals surface area contributed by atoms with E-state index in [0.717, 1.165) is 12.1 Å². The topological polar surface area (TPSA) is 37.3 Å². The van der Waals surface area contributed by atoms with Crippen LogP contribution < -0.4 is 0 Å². The molecule has 2 aromatic carbocycles. The summed E-state index contributed by atoms with van der Waals surface area (Å²) in [6, 6.07) is 10.6. The van der Waals surface area contributed by atoms with Gasteiger partial charge in [0.25, 0.3) is 0 Å². The summed E-state index contributed by atoms with van der Waals surface area (Å²) >= 11 is 11.4. The van der Waals surface area contributed by atoms with Crippen LogP contribution in [0.5, 0.6) is 0 Å². The first-order valence-corrected chi connectivity index (χ1v) is 7.23. The fourth-order valence-corrected chi connectivity index (χ4v) is 2.64. The smallest absolute Gasteiger partial charge is 0.376 e. The van der Waals surface area contributed by atoms with E-state index in [1.807, 2.05) is 0 Å². The molecule has 0 amide bonds. The van der Waals surface area contributed by atoms with Crippen molar-refractivity contribution < 1.29 is 23.1 Å². The number of hydrogen-bond acceptors (Lipinski definition) is 2. The highest BCUT2D eigenvalue weighted by molar-refractivity contribution is 6.34. The van der Waals surface area contributed by atoms with Gasteiger partial charge in [-0.1, -0.05) is 53.5 Å². The third-order valence-corrected chi connectivity index (χ3v) is 3.76. The summed E-state index contributed by atoms with van der Waals surface area (Å²) in [7, 11) is 0. The summed E-state index contributed by atoms with van der Waals surface area (Å²) in [5.74, 6) is -0.846. The van der Waals surface area contributed by atoms with Gasteiger partial charge in [-0.3, -0.25) is 4.79 Å². The van der Waals surface area contributed by atoms with E-state index in [9.17, 15) is 23.1 Å². The molecule has 7 heteroatoms. The van der Waals surface area contributed by atoms with Gasteiger partial charge in [0.15, 0.2) is 11.4 Å². The molecule has 0 bridgehead atoms. The van der Waals surface area contributed by atoms with Crippen molar-refractivity contribution >= 4 is 29.0 Å². The van der Waals surface area contributed by atoms with Gasteiger partial charge in [-0.15, -0.1) is 0 Å². The van der Waals surface area contributed by atoms with Gasteiger partial charge in [0, 0.05) is 15.6 Å². The molecule has 0 aliphatic rings. The summed E-state index contributed by atoms with van der Waals surface area (Å²) in [5.41, 5.74) is -3.89. The van der Waals surface area contributed by atoms with E-state index in [1.165, 1.54) is 30.3 Å². The summed E-state index contributed by atoms with van der Waals surface area (Å²) in [6.07, 6.45) is -6.25. The highest BCUT2D eigenvalue weighted by Gasteiger charge is 2.56. The Labute approximate surface area is 140 Å². The minimum absolute atomic E-state index is 0.0673. The normalized spacial score (nSPS) is 14.3. The number of halogens is 5. The first-order valence-electron chi connectivity index (χ1n) is 6.47. The lowest BCUT2D eigenvalue weighted by atomic mass is 9.86. The average Bonchev–Trinajstić information content (AvgIpc) is 2.45. The number of carbonyl (C=O) groups is 1. The molecule has 0 aliphatic heterocycles. The summed E-state index contributed by atoms with van der Waals surface area (Å²) in [5, 5.41) is 10.1. The Hall–Kier alpha value is -1.56. The fourth-order valence-electron chi connectivity index (χ4n) is 2.12. The van der Waals surface area contributed by atoms with Crippen LogP contribution in [0.1, 0.15) is 22.3 Å². The standard InChI is InChI=1S/C16H11Cl2F3O2/c17-12-6-11(7-13(18)8-12)15(23,16(19,20)21)9-14(22)10-4-2-1-3-5-10/h1-8,23H,9H2/t15-/m0/s1. The molecule has 0 unspecified atom stereocenters. The molecule has 0 radical (unpaired) electrons. The van der Waals surface area contributed by atoms with Crippen LogP contribution in [0.25, 0.3) is 0 Å². The first kappa shape index (κ1) is 17.8. The summed E-state index contributed by atoms with van der Waals surface area (Å²) in [6.45, 7) is 0. The number of benzene rings is 2. The highest BCUT2D eigenvalue weighted by atomic mass is 35.5. The van der Waals surface area contributed by atoms with Crippen molar-refractivity contribution in [1.29, 1.82) is 0 Å².